The smallest absolute Gasteiger partial charge is 0.353 e. The molecule has 3 heterocycles. The zero-order valence-electron chi connectivity index (χ0n) is 26.2. The molecule has 7 heteroatoms. The van der Waals surface area contributed by atoms with E-state index in [4.69, 9.17) is 0 Å². The number of benzene rings is 2. The van der Waals surface area contributed by atoms with E-state index in [1.165, 1.54) is 0 Å². The number of pyridine rings is 1. The minimum absolute atomic E-state index is 0.0690. The van der Waals surface area contributed by atoms with Crippen LogP contribution in [0.25, 0.3) is 33.5 Å². The van der Waals surface area contributed by atoms with Crippen molar-refractivity contribution in [1.82, 2.24) is 14.5 Å². The third kappa shape index (κ3) is 5.46. The molecule has 0 saturated carbocycles. The van der Waals surface area contributed by atoms with Crippen molar-refractivity contribution >= 4 is 45.2 Å². The summed E-state index contributed by atoms with van der Waals surface area (Å²) in [5.74, 6) is -0.962. The molecule has 2 N–H and O–H groups in total. The maximum absolute atomic E-state index is 13.2. The highest BCUT2D eigenvalue weighted by Crippen LogP contribution is 2.41. The lowest BCUT2D eigenvalue weighted by Gasteiger charge is -2.28. The fraction of sp³-hybridized carbons (Fsp3) is 0.270. The maximum atomic E-state index is 13.2. The third-order valence-corrected chi connectivity index (χ3v) is 8.43. The van der Waals surface area contributed by atoms with Gasteiger partial charge in [-0.3, -0.25) is 9.59 Å². The molecule has 2 aromatic carbocycles. The van der Waals surface area contributed by atoms with Gasteiger partial charge in [-0.15, -0.1) is 0 Å². The monoisotopic (exact) mass is 589 g/mol. The molecular formula is C37H39N3O4. The summed E-state index contributed by atoms with van der Waals surface area (Å²) in [6.45, 7) is 16.6. The van der Waals surface area contributed by atoms with Crippen LogP contribution in [0.3, 0.4) is 0 Å². The number of aromatic amines is 1. The van der Waals surface area contributed by atoms with Gasteiger partial charge in [0.1, 0.15) is 11.5 Å². The molecule has 44 heavy (non-hydrogen) atoms. The predicted octanol–water partition coefficient (Wildman–Crippen LogP) is 7.61. The second-order valence-electron chi connectivity index (χ2n) is 12.4. The first-order valence-electron chi connectivity index (χ1n) is 14.8. The molecule has 1 aliphatic heterocycles. The van der Waals surface area contributed by atoms with Crippen LogP contribution in [-0.4, -0.2) is 37.9 Å². The Labute approximate surface area is 257 Å². The Morgan fingerprint density at radius 2 is 1.84 bits per heavy atom. The maximum Gasteiger partial charge on any atom is 0.353 e. The van der Waals surface area contributed by atoms with E-state index in [0.29, 0.717) is 35.4 Å². The number of ketones is 1. The molecule has 2 aromatic heterocycles. The summed E-state index contributed by atoms with van der Waals surface area (Å²) in [6.07, 6.45) is 9.97. The number of carboxylic acid groups (broad SMARTS) is 1. The first kappa shape index (κ1) is 30.5. The lowest BCUT2D eigenvalue weighted by molar-refractivity contribution is -0.126. The first-order valence-corrected chi connectivity index (χ1v) is 14.8. The van der Waals surface area contributed by atoms with E-state index in [-0.39, 0.29) is 23.6 Å². The van der Waals surface area contributed by atoms with Crippen molar-refractivity contribution < 1.29 is 14.7 Å². The lowest BCUT2D eigenvalue weighted by atomic mass is 9.88. The van der Waals surface area contributed by atoms with Gasteiger partial charge in [0.15, 0.2) is 0 Å². The Morgan fingerprint density at radius 3 is 2.52 bits per heavy atom. The molecule has 5 rings (SSSR count). The van der Waals surface area contributed by atoms with Crippen LogP contribution in [0.5, 0.6) is 0 Å². The molecule has 7 nitrogen and oxygen atoms in total. The molecule has 0 amide bonds. The van der Waals surface area contributed by atoms with E-state index in [1.807, 2.05) is 113 Å². The second kappa shape index (κ2) is 11.6. The summed E-state index contributed by atoms with van der Waals surface area (Å²) >= 11 is 0. The van der Waals surface area contributed by atoms with Crippen molar-refractivity contribution in [1.29, 1.82) is 0 Å². The molecule has 0 aliphatic carbocycles. The van der Waals surface area contributed by atoms with Gasteiger partial charge < -0.3 is 19.6 Å². The molecule has 1 aliphatic rings. The second-order valence-corrected chi connectivity index (χ2v) is 12.4. The molecule has 4 aromatic rings. The number of hydrogen-bond acceptors (Lipinski definition) is 4. The fourth-order valence-electron chi connectivity index (χ4n) is 6.05. The van der Waals surface area contributed by atoms with Gasteiger partial charge in [-0.25, -0.2) is 4.79 Å². The van der Waals surface area contributed by atoms with Crippen molar-refractivity contribution in [2.75, 3.05) is 6.54 Å². The van der Waals surface area contributed by atoms with Gasteiger partial charge in [-0.05, 0) is 67.1 Å². The molecule has 0 fully saturated rings. The number of rotatable bonds is 8. The summed E-state index contributed by atoms with van der Waals surface area (Å²) in [4.78, 5) is 44.0. The topological polar surface area (TPSA) is 95.4 Å². The highest BCUT2D eigenvalue weighted by atomic mass is 16.4. The van der Waals surface area contributed by atoms with Gasteiger partial charge in [0, 0.05) is 57.9 Å². The normalized spacial score (nSPS) is 13.8. The number of H-pyrrole nitrogens is 1. The minimum atomic E-state index is -1.10. The minimum Gasteiger partial charge on any atom is -0.477 e. The molecular weight excluding hydrogens is 550 g/mol. The summed E-state index contributed by atoms with van der Waals surface area (Å²) in [7, 11) is 0. The molecule has 0 unspecified atom stereocenters. The van der Waals surface area contributed by atoms with E-state index >= 15 is 0 Å². The van der Waals surface area contributed by atoms with Crippen molar-refractivity contribution in [2.45, 2.75) is 54.5 Å². The SMILES string of the molecule is C=C1C(c2c(C(=O)O)n(Cc3cc4ccccc4[nH]c3=O)c3cc(C)c(/C=C\C)c(C)c23)=CC=CN1CCC(=O)C(C)(C)C. The van der Waals surface area contributed by atoms with Gasteiger partial charge in [-0.2, -0.15) is 0 Å². The number of allylic oxidation sites excluding steroid dienone is 4. The Hall–Kier alpha value is -4.91. The molecule has 0 atom stereocenters. The number of Topliss-reactive ketones (excluding diaryl/α,β-unsaturated/α-hetero) is 1. The highest BCUT2D eigenvalue weighted by molar-refractivity contribution is 6.09. The molecule has 0 saturated heterocycles. The van der Waals surface area contributed by atoms with E-state index < -0.39 is 11.4 Å². The Morgan fingerprint density at radius 1 is 1.11 bits per heavy atom. The van der Waals surface area contributed by atoms with Crippen molar-refractivity contribution in [3.8, 4) is 0 Å². The third-order valence-electron chi connectivity index (χ3n) is 8.43. The number of nitrogens with zero attached hydrogens (tertiary/aromatic N) is 2. The summed E-state index contributed by atoms with van der Waals surface area (Å²) in [5.41, 5.74) is 6.08. The van der Waals surface area contributed by atoms with Crippen LogP contribution in [-0.2, 0) is 11.3 Å². The Bertz CT molecular complexity index is 1990. The number of hydrogen-bond donors (Lipinski definition) is 2. The van der Waals surface area contributed by atoms with Crippen LogP contribution < -0.4 is 5.56 Å². The van der Waals surface area contributed by atoms with Crippen molar-refractivity contribution in [3.05, 3.63) is 117 Å². The van der Waals surface area contributed by atoms with Crippen LogP contribution >= 0.6 is 0 Å². The zero-order chi connectivity index (χ0) is 31.9. The zero-order valence-corrected chi connectivity index (χ0v) is 26.2. The number of aryl methyl sites for hydroxylation is 2. The highest BCUT2D eigenvalue weighted by Gasteiger charge is 2.31. The van der Waals surface area contributed by atoms with Crippen LogP contribution in [0.4, 0.5) is 0 Å². The van der Waals surface area contributed by atoms with Crippen LogP contribution in [0.1, 0.15) is 72.4 Å². The Balaban J connectivity index is 1.73. The summed E-state index contributed by atoms with van der Waals surface area (Å²) in [5, 5.41) is 12.5. The van der Waals surface area contributed by atoms with E-state index in [0.717, 1.165) is 38.5 Å². The van der Waals surface area contributed by atoms with Crippen LogP contribution in [0, 0.1) is 19.3 Å². The Kier molecular flexibility index (Phi) is 8.08. The number of carbonyl (C=O) groups is 2. The van der Waals surface area contributed by atoms with Gasteiger partial charge in [0.05, 0.1) is 12.1 Å². The van der Waals surface area contributed by atoms with Crippen LogP contribution in [0.2, 0.25) is 0 Å². The van der Waals surface area contributed by atoms with E-state index in [1.54, 1.807) is 4.57 Å². The lowest BCUT2D eigenvalue weighted by Crippen LogP contribution is -2.27. The average Bonchev–Trinajstić information content (AvgIpc) is 3.28. The molecule has 0 spiro atoms. The summed E-state index contributed by atoms with van der Waals surface area (Å²) < 4.78 is 1.74. The number of para-hydroxylation sites is 1. The number of carboxylic acids is 1. The largest absolute Gasteiger partial charge is 0.477 e. The first-order chi connectivity index (χ1) is 20.8. The number of nitrogens with one attached hydrogen (secondary N) is 1. The van der Waals surface area contributed by atoms with Gasteiger partial charge in [0.2, 0.25) is 0 Å². The number of fused-ring (bicyclic) bond motifs is 2. The van der Waals surface area contributed by atoms with E-state index in [9.17, 15) is 19.5 Å². The van der Waals surface area contributed by atoms with Crippen LogP contribution in [0.15, 0.2) is 77.9 Å². The standard InChI is InChI=1S/C37H39N3O4/c1-8-12-27-22(2)19-30-32(23(27)3)33(28-14-11-17-39(24(28)4)18-16-31(41)37(5,6)7)34(36(43)44)40(30)21-26-20-25-13-9-10-15-29(25)38-35(26)42/h8-15,17,19-20H,4,16,18,21H2,1-3,5-7H3,(H,38,42)(H,43,44)/b12-8-. The number of carbonyl (C=O) groups excluding carboxylic acids is 1. The average molecular weight is 590 g/mol. The quantitative estimate of drug-likeness (QED) is 0.221. The van der Waals surface area contributed by atoms with E-state index in [2.05, 4.69) is 11.6 Å². The molecule has 0 bridgehead atoms. The fourth-order valence-corrected chi connectivity index (χ4v) is 6.05. The molecule has 0 radical (unpaired) electrons. The van der Waals surface area contributed by atoms with Crippen molar-refractivity contribution in [2.24, 2.45) is 5.41 Å². The van der Waals surface area contributed by atoms with Gasteiger partial charge >= 0.3 is 5.97 Å². The predicted molar refractivity (Wildman–Crippen MR) is 179 cm³/mol. The number of aromatic carboxylic acids is 1. The molecule has 226 valence electrons. The van der Waals surface area contributed by atoms with Crippen molar-refractivity contribution in [3.63, 3.8) is 0 Å². The van der Waals surface area contributed by atoms with Gasteiger partial charge in [-0.1, -0.05) is 63.8 Å². The van der Waals surface area contributed by atoms with Gasteiger partial charge in [0.25, 0.3) is 5.56 Å². The summed E-state index contributed by atoms with van der Waals surface area (Å²) in [6, 6.07) is 11.4. The number of aromatic nitrogens is 2.